The second-order valence-corrected chi connectivity index (χ2v) is 8.33. The van der Waals surface area contributed by atoms with Crippen LogP contribution in [0.1, 0.15) is 48.8 Å². The fourth-order valence-corrected chi connectivity index (χ4v) is 4.93. The van der Waals surface area contributed by atoms with Crippen molar-refractivity contribution in [1.82, 2.24) is 4.90 Å². The number of ether oxygens (including phenoxy) is 2. The van der Waals surface area contributed by atoms with Crippen molar-refractivity contribution in [3.05, 3.63) is 65.2 Å². The molecule has 4 rings (SSSR count). The lowest BCUT2D eigenvalue weighted by Gasteiger charge is -2.51. The molecule has 5 nitrogen and oxygen atoms in total. The third kappa shape index (κ3) is 3.97. The second-order valence-electron chi connectivity index (χ2n) is 8.33. The van der Waals surface area contributed by atoms with Crippen LogP contribution in [0.3, 0.4) is 0 Å². The standard InChI is InChI=1S/C24H29NO4/c1-17-11-12-22(28-2)21(13-17)24(27)14-19-9-6-10-20(15-24)25(19)23(26)29-16-18-7-4-3-5-8-18/h3-5,7-8,11-13,19-20,27H,6,9-10,14-16H2,1-2H3. The number of carbonyl (C=O) groups excluding carboxylic acids is 1. The number of carbonyl (C=O) groups is 1. The van der Waals surface area contributed by atoms with E-state index >= 15 is 0 Å². The van der Waals surface area contributed by atoms with Crippen LogP contribution in [0.4, 0.5) is 4.79 Å². The largest absolute Gasteiger partial charge is 0.496 e. The summed E-state index contributed by atoms with van der Waals surface area (Å²) < 4.78 is 11.2. The zero-order valence-corrected chi connectivity index (χ0v) is 17.1. The average molecular weight is 395 g/mol. The van der Waals surface area contributed by atoms with Crippen molar-refractivity contribution in [3.8, 4) is 5.75 Å². The number of rotatable bonds is 4. The highest BCUT2D eigenvalue weighted by Crippen LogP contribution is 2.47. The van der Waals surface area contributed by atoms with Gasteiger partial charge in [-0.25, -0.2) is 4.79 Å². The fourth-order valence-electron chi connectivity index (χ4n) is 4.93. The molecular formula is C24H29NO4. The number of aryl methyl sites for hydroxylation is 1. The fraction of sp³-hybridized carbons (Fsp3) is 0.458. The second kappa shape index (κ2) is 8.07. The van der Waals surface area contributed by atoms with Crippen LogP contribution in [-0.4, -0.2) is 35.3 Å². The van der Waals surface area contributed by atoms with Gasteiger partial charge in [0.2, 0.25) is 0 Å². The summed E-state index contributed by atoms with van der Waals surface area (Å²) in [5.74, 6) is 0.705. The Morgan fingerprint density at radius 3 is 2.48 bits per heavy atom. The van der Waals surface area contributed by atoms with Crippen LogP contribution < -0.4 is 4.74 Å². The van der Waals surface area contributed by atoms with Crippen LogP contribution in [0.25, 0.3) is 0 Å². The maximum Gasteiger partial charge on any atom is 0.410 e. The zero-order valence-electron chi connectivity index (χ0n) is 17.1. The molecule has 0 saturated carbocycles. The highest BCUT2D eigenvalue weighted by molar-refractivity contribution is 5.69. The Morgan fingerprint density at radius 1 is 1.14 bits per heavy atom. The molecule has 2 aromatic carbocycles. The molecule has 0 radical (unpaired) electrons. The van der Waals surface area contributed by atoms with E-state index in [9.17, 15) is 9.90 Å². The minimum Gasteiger partial charge on any atom is -0.496 e. The summed E-state index contributed by atoms with van der Waals surface area (Å²) >= 11 is 0. The topological polar surface area (TPSA) is 59.0 Å². The highest BCUT2D eigenvalue weighted by atomic mass is 16.6. The number of nitrogens with zero attached hydrogens (tertiary/aromatic N) is 1. The van der Waals surface area contributed by atoms with Crippen LogP contribution >= 0.6 is 0 Å². The number of hydrogen-bond acceptors (Lipinski definition) is 4. The number of aliphatic hydroxyl groups is 1. The van der Waals surface area contributed by atoms with Gasteiger partial charge < -0.3 is 19.5 Å². The van der Waals surface area contributed by atoms with Gasteiger partial charge in [-0.05, 0) is 43.9 Å². The van der Waals surface area contributed by atoms with Gasteiger partial charge in [-0.15, -0.1) is 0 Å². The van der Waals surface area contributed by atoms with Crippen molar-refractivity contribution in [1.29, 1.82) is 0 Å². The number of hydrogen-bond donors (Lipinski definition) is 1. The maximum atomic E-state index is 12.9. The molecule has 2 aliphatic heterocycles. The van der Waals surface area contributed by atoms with E-state index in [4.69, 9.17) is 9.47 Å². The van der Waals surface area contributed by atoms with E-state index < -0.39 is 5.60 Å². The predicted octanol–water partition coefficient (Wildman–Crippen LogP) is 4.54. The Kier molecular flexibility index (Phi) is 5.50. The van der Waals surface area contributed by atoms with Gasteiger partial charge in [-0.3, -0.25) is 0 Å². The van der Waals surface area contributed by atoms with E-state index in [2.05, 4.69) is 0 Å². The summed E-state index contributed by atoms with van der Waals surface area (Å²) in [5, 5.41) is 11.6. The van der Waals surface area contributed by atoms with Crippen LogP contribution in [0, 0.1) is 6.92 Å². The molecule has 0 aliphatic carbocycles. The first-order chi connectivity index (χ1) is 14.0. The molecule has 1 N–H and O–H groups in total. The maximum absolute atomic E-state index is 12.9. The van der Waals surface area contributed by atoms with Gasteiger partial charge >= 0.3 is 6.09 Å². The summed E-state index contributed by atoms with van der Waals surface area (Å²) in [6, 6.07) is 15.6. The number of fused-ring (bicyclic) bond motifs is 2. The highest BCUT2D eigenvalue weighted by Gasteiger charge is 2.49. The van der Waals surface area contributed by atoms with Gasteiger partial charge in [0.15, 0.2) is 0 Å². The van der Waals surface area contributed by atoms with Crippen molar-refractivity contribution in [3.63, 3.8) is 0 Å². The zero-order chi connectivity index (χ0) is 20.4. The van der Waals surface area contributed by atoms with E-state index in [-0.39, 0.29) is 24.8 Å². The summed E-state index contributed by atoms with van der Waals surface area (Å²) in [7, 11) is 1.63. The van der Waals surface area contributed by atoms with Crippen molar-refractivity contribution >= 4 is 6.09 Å². The van der Waals surface area contributed by atoms with Gasteiger partial charge in [0.1, 0.15) is 12.4 Å². The number of amides is 1. The summed E-state index contributed by atoms with van der Waals surface area (Å²) in [4.78, 5) is 14.8. The van der Waals surface area contributed by atoms with Gasteiger partial charge in [-0.2, -0.15) is 0 Å². The van der Waals surface area contributed by atoms with E-state index in [0.717, 1.165) is 36.0 Å². The molecule has 1 amide bonds. The van der Waals surface area contributed by atoms with Crippen molar-refractivity contribution in [2.75, 3.05) is 7.11 Å². The van der Waals surface area contributed by atoms with Crippen LogP contribution in [0.2, 0.25) is 0 Å². The Labute approximate surface area is 172 Å². The monoisotopic (exact) mass is 395 g/mol. The van der Waals surface area contributed by atoms with Gasteiger partial charge in [0.25, 0.3) is 0 Å². The molecule has 2 atom stereocenters. The van der Waals surface area contributed by atoms with Crippen LogP contribution in [0.15, 0.2) is 48.5 Å². The van der Waals surface area contributed by atoms with Gasteiger partial charge in [0.05, 0.1) is 12.7 Å². The Morgan fingerprint density at radius 2 is 1.83 bits per heavy atom. The molecule has 0 spiro atoms. The smallest absolute Gasteiger partial charge is 0.410 e. The minimum atomic E-state index is -0.997. The first-order valence-corrected chi connectivity index (χ1v) is 10.4. The first kappa shape index (κ1) is 19.8. The lowest BCUT2D eigenvalue weighted by atomic mass is 9.72. The Hall–Kier alpha value is -2.53. The predicted molar refractivity (Wildman–Crippen MR) is 111 cm³/mol. The number of piperidine rings is 2. The molecule has 29 heavy (non-hydrogen) atoms. The van der Waals surface area contributed by atoms with E-state index in [1.54, 1.807) is 7.11 Å². The van der Waals surface area contributed by atoms with Crippen molar-refractivity contribution in [2.45, 2.75) is 63.3 Å². The lowest BCUT2D eigenvalue weighted by molar-refractivity contribution is -0.0904. The average Bonchev–Trinajstić information content (AvgIpc) is 2.72. The van der Waals surface area contributed by atoms with Crippen LogP contribution in [0.5, 0.6) is 5.75 Å². The molecule has 2 aromatic rings. The third-order valence-corrected chi connectivity index (χ3v) is 6.28. The quantitative estimate of drug-likeness (QED) is 0.825. The van der Waals surface area contributed by atoms with Gasteiger partial charge in [0, 0.05) is 30.5 Å². The normalized spacial score (nSPS) is 26.1. The van der Waals surface area contributed by atoms with E-state index in [0.29, 0.717) is 18.6 Å². The summed E-state index contributed by atoms with van der Waals surface area (Å²) in [6.07, 6.45) is 3.56. The summed E-state index contributed by atoms with van der Waals surface area (Å²) in [5.41, 5.74) is 1.89. The summed E-state index contributed by atoms with van der Waals surface area (Å²) in [6.45, 7) is 2.29. The first-order valence-electron chi connectivity index (χ1n) is 10.4. The Balaban J connectivity index is 1.53. The molecule has 2 fully saturated rings. The Bertz CT molecular complexity index is 852. The molecule has 2 saturated heterocycles. The third-order valence-electron chi connectivity index (χ3n) is 6.28. The van der Waals surface area contributed by atoms with Crippen molar-refractivity contribution < 1.29 is 19.4 Å². The van der Waals surface area contributed by atoms with E-state index in [1.807, 2.05) is 60.4 Å². The lowest BCUT2D eigenvalue weighted by Crippen LogP contribution is -2.59. The molecule has 5 heteroatoms. The minimum absolute atomic E-state index is 0.0269. The van der Waals surface area contributed by atoms with Gasteiger partial charge in [-0.1, -0.05) is 42.0 Å². The van der Waals surface area contributed by atoms with Crippen LogP contribution in [-0.2, 0) is 16.9 Å². The molecule has 2 unspecified atom stereocenters. The number of benzene rings is 2. The molecule has 0 aromatic heterocycles. The molecule has 2 aliphatic rings. The SMILES string of the molecule is COc1ccc(C)cc1C1(O)CC2CCCC(C1)N2C(=O)OCc1ccccc1. The van der Waals surface area contributed by atoms with Crippen molar-refractivity contribution in [2.24, 2.45) is 0 Å². The number of methoxy groups -OCH3 is 1. The molecular weight excluding hydrogens is 366 g/mol. The molecule has 2 bridgehead atoms. The molecule has 154 valence electrons. The van der Waals surface area contributed by atoms with E-state index in [1.165, 1.54) is 0 Å². The molecule has 2 heterocycles.